The molecular weight excluding hydrogens is 234 g/mol. The van der Waals surface area contributed by atoms with Gasteiger partial charge in [-0.1, -0.05) is 0 Å². The molecular formula is C13H19NO4. The van der Waals surface area contributed by atoms with Crippen molar-refractivity contribution in [3.05, 3.63) is 23.8 Å². The number of carbonyl (C=O) groups is 1. The van der Waals surface area contributed by atoms with E-state index in [-0.39, 0.29) is 29.2 Å². The molecule has 1 rings (SSSR count). The van der Waals surface area contributed by atoms with Gasteiger partial charge in [-0.15, -0.1) is 0 Å². The molecule has 0 amide bonds. The molecule has 0 fully saturated rings. The number of methoxy groups -OCH3 is 1. The number of anilines is 1. The van der Waals surface area contributed by atoms with Gasteiger partial charge in [0.2, 0.25) is 0 Å². The molecule has 0 atom stereocenters. The molecule has 0 radical (unpaired) electrons. The standard InChI is InChI=1S/C13H19NO4/c1-13(2,17-3)6-7-18-12(16)9-4-5-10(14)11(15)8-9/h4-5,8,15H,6-7,14H2,1-3H3. The molecule has 1 aromatic carbocycles. The number of esters is 1. The summed E-state index contributed by atoms with van der Waals surface area (Å²) in [6, 6.07) is 4.27. The second-order valence-corrected chi connectivity index (χ2v) is 4.62. The summed E-state index contributed by atoms with van der Waals surface area (Å²) in [4.78, 5) is 11.7. The Kier molecular flexibility index (Phi) is 4.55. The van der Waals surface area contributed by atoms with Crippen LogP contribution in [-0.2, 0) is 9.47 Å². The molecule has 0 spiro atoms. The zero-order valence-corrected chi connectivity index (χ0v) is 10.9. The van der Waals surface area contributed by atoms with E-state index < -0.39 is 5.97 Å². The lowest BCUT2D eigenvalue weighted by molar-refractivity contribution is -0.00564. The number of nitrogens with two attached hydrogens (primary N) is 1. The SMILES string of the molecule is COC(C)(C)CCOC(=O)c1ccc(N)c(O)c1. The lowest BCUT2D eigenvalue weighted by atomic mass is 10.1. The van der Waals surface area contributed by atoms with Gasteiger partial charge in [-0.2, -0.15) is 0 Å². The number of benzene rings is 1. The maximum Gasteiger partial charge on any atom is 0.338 e. The van der Waals surface area contributed by atoms with Crippen LogP contribution in [0.4, 0.5) is 5.69 Å². The summed E-state index contributed by atoms with van der Waals surface area (Å²) in [5.41, 5.74) is 5.62. The Hall–Kier alpha value is -1.75. The second-order valence-electron chi connectivity index (χ2n) is 4.62. The highest BCUT2D eigenvalue weighted by Gasteiger charge is 2.17. The molecule has 5 nitrogen and oxygen atoms in total. The van der Waals surface area contributed by atoms with Crippen molar-refractivity contribution in [1.82, 2.24) is 0 Å². The first kappa shape index (κ1) is 14.3. The third-order valence-corrected chi connectivity index (χ3v) is 2.76. The molecule has 0 saturated heterocycles. The van der Waals surface area contributed by atoms with Gasteiger partial charge in [-0.3, -0.25) is 0 Å². The maximum atomic E-state index is 11.7. The fourth-order valence-corrected chi connectivity index (χ4v) is 1.25. The fraction of sp³-hybridized carbons (Fsp3) is 0.462. The van der Waals surface area contributed by atoms with E-state index >= 15 is 0 Å². The highest BCUT2D eigenvalue weighted by molar-refractivity contribution is 5.90. The number of nitrogen functional groups attached to an aromatic ring is 1. The second kappa shape index (κ2) is 5.73. The van der Waals surface area contributed by atoms with Crippen LogP contribution in [0.3, 0.4) is 0 Å². The highest BCUT2D eigenvalue weighted by atomic mass is 16.5. The number of rotatable bonds is 5. The third kappa shape index (κ3) is 3.92. The van der Waals surface area contributed by atoms with Gasteiger partial charge in [0.25, 0.3) is 0 Å². The predicted molar refractivity (Wildman–Crippen MR) is 68.5 cm³/mol. The van der Waals surface area contributed by atoms with E-state index in [0.717, 1.165) is 0 Å². The number of phenols is 1. The van der Waals surface area contributed by atoms with Gasteiger partial charge in [-0.25, -0.2) is 4.79 Å². The molecule has 0 aliphatic carbocycles. The first-order chi connectivity index (χ1) is 8.35. The zero-order valence-electron chi connectivity index (χ0n) is 10.9. The molecule has 100 valence electrons. The van der Waals surface area contributed by atoms with Crippen molar-refractivity contribution >= 4 is 11.7 Å². The number of aromatic hydroxyl groups is 1. The molecule has 0 unspecified atom stereocenters. The lowest BCUT2D eigenvalue weighted by Crippen LogP contribution is -2.25. The van der Waals surface area contributed by atoms with E-state index in [0.29, 0.717) is 6.42 Å². The normalized spacial score (nSPS) is 11.3. The summed E-state index contributed by atoms with van der Waals surface area (Å²) in [5.74, 6) is -0.612. The van der Waals surface area contributed by atoms with Crippen LogP contribution >= 0.6 is 0 Å². The molecule has 0 aliphatic rings. The van der Waals surface area contributed by atoms with Crippen molar-refractivity contribution in [2.45, 2.75) is 25.9 Å². The Bertz CT molecular complexity index is 429. The minimum Gasteiger partial charge on any atom is -0.506 e. The Morgan fingerprint density at radius 1 is 1.44 bits per heavy atom. The van der Waals surface area contributed by atoms with Crippen LogP contribution < -0.4 is 5.73 Å². The minimum absolute atomic E-state index is 0.123. The van der Waals surface area contributed by atoms with E-state index in [1.54, 1.807) is 7.11 Å². The van der Waals surface area contributed by atoms with Gasteiger partial charge in [0.05, 0.1) is 23.5 Å². The first-order valence-electron chi connectivity index (χ1n) is 5.66. The third-order valence-electron chi connectivity index (χ3n) is 2.76. The van der Waals surface area contributed by atoms with Crippen LogP contribution in [0, 0.1) is 0 Å². The van der Waals surface area contributed by atoms with E-state index in [1.807, 2.05) is 13.8 Å². The summed E-state index contributed by atoms with van der Waals surface area (Å²) in [7, 11) is 1.61. The van der Waals surface area contributed by atoms with Crippen molar-refractivity contribution in [1.29, 1.82) is 0 Å². The molecule has 0 aliphatic heterocycles. The molecule has 18 heavy (non-hydrogen) atoms. The molecule has 0 saturated carbocycles. The summed E-state index contributed by atoms with van der Waals surface area (Å²) in [5, 5.41) is 9.39. The Balaban J connectivity index is 2.53. The number of phenolic OH excluding ortho intramolecular Hbond substituents is 1. The van der Waals surface area contributed by atoms with Crippen molar-refractivity contribution in [3.63, 3.8) is 0 Å². The van der Waals surface area contributed by atoms with Crippen molar-refractivity contribution in [3.8, 4) is 5.75 Å². The van der Waals surface area contributed by atoms with E-state index in [4.69, 9.17) is 15.2 Å². The van der Waals surface area contributed by atoms with Crippen molar-refractivity contribution in [2.75, 3.05) is 19.5 Å². The highest BCUT2D eigenvalue weighted by Crippen LogP contribution is 2.21. The average molecular weight is 253 g/mol. The summed E-state index contributed by atoms with van der Waals surface area (Å²) >= 11 is 0. The fourth-order valence-electron chi connectivity index (χ4n) is 1.25. The number of hydrogen-bond acceptors (Lipinski definition) is 5. The number of hydrogen-bond donors (Lipinski definition) is 2. The first-order valence-corrected chi connectivity index (χ1v) is 5.66. The van der Waals surface area contributed by atoms with Gasteiger partial charge in [0.15, 0.2) is 0 Å². The van der Waals surface area contributed by atoms with E-state index in [1.165, 1.54) is 18.2 Å². The van der Waals surface area contributed by atoms with Gasteiger partial charge < -0.3 is 20.3 Å². The average Bonchev–Trinajstić information content (AvgIpc) is 2.32. The Morgan fingerprint density at radius 3 is 2.67 bits per heavy atom. The van der Waals surface area contributed by atoms with Gasteiger partial charge >= 0.3 is 5.97 Å². The molecule has 5 heteroatoms. The topological polar surface area (TPSA) is 81.8 Å². The number of ether oxygens (including phenoxy) is 2. The molecule has 0 bridgehead atoms. The summed E-state index contributed by atoms with van der Waals surface area (Å²) in [6.07, 6.45) is 0.593. The quantitative estimate of drug-likeness (QED) is 0.476. The van der Waals surface area contributed by atoms with Crippen LogP contribution in [0.25, 0.3) is 0 Å². The number of carbonyl (C=O) groups excluding carboxylic acids is 1. The van der Waals surface area contributed by atoms with Gasteiger partial charge in [0, 0.05) is 13.5 Å². The van der Waals surface area contributed by atoms with Crippen LogP contribution in [0.1, 0.15) is 30.6 Å². The van der Waals surface area contributed by atoms with Gasteiger partial charge in [-0.05, 0) is 32.0 Å². The molecule has 0 aromatic heterocycles. The van der Waals surface area contributed by atoms with Crippen LogP contribution in [0.15, 0.2) is 18.2 Å². The van der Waals surface area contributed by atoms with E-state index in [2.05, 4.69) is 0 Å². The zero-order chi connectivity index (χ0) is 13.8. The lowest BCUT2D eigenvalue weighted by Gasteiger charge is -2.22. The largest absolute Gasteiger partial charge is 0.506 e. The monoisotopic (exact) mass is 253 g/mol. The smallest absolute Gasteiger partial charge is 0.338 e. The van der Waals surface area contributed by atoms with Crippen LogP contribution in [0.2, 0.25) is 0 Å². The predicted octanol–water partition coefficient (Wildman–Crippen LogP) is 1.95. The summed E-state index contributed by atoms with van der Waals surface area (Å²) in [6.45, 7) is 4.08. The molecule has 0 heterocycles. The Labute approximate surface area is 107 Å². The van der Waals surface area contributed by atoms with Crippen LogP contribution in [0.5, 0.6) is 5.75 Å². The van der Waals surface area contributed by atoms with E-state index in [9.17, 15) is 9.90 Å². The maximum absolute atomic E-state index is 11.7. The molecule has 3 N–H and O–H groups in total. The summed E-state index contributed by atoms with van der Waals surface area (Å²) < 4.78 is 10.3. The van der Waals surface area contributed by atoms with Gasteiger partial charge in [0.1, 0.15) is 5.75 Å². The Morgan fingerprint density at radius 2 is 2.11 bits per heavy atom. The van der Waals surface area contributed by atoms with Crippen molar-refractivity contribution in [2.24, 2.45) is 0 Å². The van der Waals surface area contributed by atoms with Crippen LogP contribution in [-0.4, -0.2) is 30.4 Å². The molecule has 1 aromatic rings. The van der Waals surface area contributed by atoms with Crippen molar-refractivity contribution < 1.29 is 19.4 Å². The minimum atomic E-state index is -0.489.